The molecule has 0 radical (unpaired) electrons. The Morgan fingerprint density at radius 1 is 1.24 bits per heavy atom. The van der Waals surface area contributed by atoms with Crippen LogP contribution in [0.2, 0.25) is 0 Å². The Hall–Kier alpha value is -3.22. The number of pyridine rings is 1. The third kappa shape index (κ3) is 3.65. The molecule has 1 aromatic carbocycles. The second kappa shape index (κ2) is 7.12. The van der Waals surface area contributed by atoms with Gasteiger partial charge in [-0.1, -0.05) is 17.7 Å². The molecule has 2 aromatic heterocycles. The number of nitrogens with zero attached hydrogens (tertiary/aromatic N) is 4. The average molecular weight is 337 g/mol. The third-order valence-electron chi connectivity index (χ3n) is 3.85. The van der Waals surface area contributed by atoms with Crippen LogP contribution in [0.5, 0.6) is 0 Å². The van der Waals surface area contributed by atoms with Crippen molar-refractivity contribution in [1.29, 1.82) is 0 Å². The van der Waals surface area contributed by atoms with Crippen molar-refractivity contribution in [2.75, 3.05) is 6.54 Å². The van der Waals surface area contributed by atoms with Crippen LogP contribution in [0.1, 0.15) is 15.9 Å². The van der Waals surface area contributed by atoms with Crippen LogP contribution in [-0.2, 0) is 13.6 Å². The zero-order valence-corrected chi connectivity index (χ0v) is 14.1. The van der Waals surface area contributed by atoms with Crippen molar-refractivity contribution in [1.82, 2.24) is 24.6 Å². The van der Waals surface area contributed by atoms with Gasteiger partial charge in [-0.15, -0.1) is 5.10 Å². The summed E-state index contributed by atoms with van der Waals surface area (Å²) in [5.74, 6) is 0.378. The highest BCUT2D eigenvalue weighted by Crippen LogP contribution is 2.12. The molecule has 0 saturated heterocycles. The quantitative estimate of drug-likeness (QED) is 0.763. The van der Waals surface area contributed by atoms with E-state index >= 15 is 0 Å². The molecular weight excluding hydrogens is 318 g/mol. The van der Waals surface area contributed by atoms with Crippen LogP contribution in [0, 0.1) is 6.92 Å². The van der Waals surface area contributed by atoms with Gasteiger partial charge in [0.05, 0.1) is 6.54 Å². The van der Waals surface area contributed by atoms with Crippen molar-refractivity contribution in [3.8, 4) is 11.4 Å². The maximum atomic E-state index is 12.3. The van der Waals surface area contributed by atoms with E-state index in [1.807, 2.05) is 31.2 Å². The van der Waals surface area contributed by atoms with Crippen LogP contribution >= 0.6 is 0 Å². The van der Waals surface area contributed by atoms with E-state index in [0.717, 1.165) is 11.1 Å². The fourth-order valence-electron chi connectivity index (χ4n) is 2.54. The first-order valence-corrected chi connectivity index (χ1v) is 7.95. The van der Waals surface area contributed by atoms with Crippen molar-refractivity contribution in [3.63, 3.8) is 0 Å². The molecule has 0 aliphatic rings. The van der Waals surface area contributed by atoms with E-state index in [4.69, 9.17) is 0 Å². The van der Waals surface area contributed by atoms with Gasteiger partial charge in [-0.25, -0.2) is 9.48 Å². The lowest BCUT2D eigenvalue weighted by molar-refractivity contribution is 0.0951. The summed E-state index contributed by atoms with van der Waals surface area (Å²) >= 11 is 0. The van der Waals surface area contributed by atoms with E-state index in [-0.39, 0.29) is 11.6 Å². The first-order chi connectivity index (χ1) is 12.1. The molecule has 25 heavy (non-hydrogen) atoms. The summed E-state index contributed by atoms with van der Waals surface area (Å²) in [5.41, 5.74) is 2.16. The average Bonchev–Trinajstić information content (AvgIpc) is 2.91. The summed E-state index contributed by atoms with van der Waals surface area (Å²) < 4.78 is 2.82. The predicted molar refractivity (Wildman–Crippen MR) is 94.2 cm³/mol. The van der Waals surface area contributed by atoms with Gasteiger partial charge in [0.2, 0.25) is 0 Å². The van der Waals surface area contributed by atoms with E-state index < -0.39 is 0 Å². The van der Waals surface area contributed by atoms with Crippen LogP contribution in [0.15, 0.2) is 53.6 Å². The minimum atomic E-state index is -0.233. The van der Waals surface area contributed by atoms with Crippen LogP contribution in [0.25, 0.3) is 11.4 Å². The van der Waals surface area contributed by atoms with E-state index in [9.17, 15) is 9.59 Å². The van der Waals surface area contributed by atoms with Crippen LogP contribution < -0.4 is 11.0 Å². The fraction of sp³-hybridized carbons (Fsp3) is 0.222. The van der Waals surface area contributed by atoms with Gasteiger partial charge in [0.15, 0.2) is 5.82 Å². The number of benzene rings is 1. The molecule has 3 rings (SSSR count). The smallest absolute Gasteiger partial charge is 0.345 e. The molecule has 0 saturated carbocycles. The zero-order valence-electron chi connectivity index (χ0n) is 14.1. The number of hydrogen-bond donors (Lipinski definition) is 1. The summed E-state index contributed by atoms with van der Waals surface area (Å²) in [4.78, 5) is 28.5. The number of aryl methyl sites for hydroxylation is 1. The third-order valence-corrected chi connectivity index (χ3v) is 3.85. The molecule has 128 valence electrons. The molecule has 0 fully saturated rings. The predicted octanol–water partition coefficient (Wildman–Crippen LogP) is 1.38. The minimum Gasteiger partial charge on any atom is -0.350 e. The highest BCUT2D eigenvalue weighted by atomic mass is 16.2. The lowest BCUT2D eigenvalue weighted by Crippen LogP contribution is -2.31. The van der Waals surface area contributed by atoms with Crippen molar-refractivity contribution >= 4 is 5.91 Å². The van der Waals surface area contributed by atoms with Crippen molar-refractivity contribution in [3.05, 3.63) is 70.4 Å². The normalized spacial score (nSPS) is 10.6. The Morgan fingerprint density at radius 3 is 2.80 bits per heavy atom. The minimum absolute atomic E-state index is 0.167. The first-order valence-electron chi connectivity index (χ1n) is 7.95. The van der Waals surface area contributed by atoms with Gasteiger partial charge in [0.25, 0.3) is 5.91 Å². The summed E-state index contributed by atoms with van der Waals surface area (Å²) in [7, 11) is 1.67. The number of aromatic nitrogens is 4. The maximum absolute atomic E-state index is 12.3. The first kappa shape index (κ1) is 16.6. The lowest BCUT2D eigenvalue weighted by Gasteiger charge is -2.05. The molecule has 0 atom stereocenters. The molecule has 0 aliphatic carbocycles. The van der Waals surface area contributed by atoms with Crippen LogP contribution in [0.4, 0.5) is 0 Å². The molecule has 7 nitrogen and oxygen atoms in total. The Balaban J connectivity index is 1.68. The summed E-state index contributed by atoms with van der Waals surface area (Å²) in [5, 5.41) is 7.15. The maximum Gasteiger partial charge on any atom is 0.345 e. The van der Waals surface area contributed by atoms with Gasteiger partial charge in [0, 0.05) is 37.1 Å². The van der Waals surface area contributed by atoms with E-state index in [2.05, 4.69) is 15.4 Å². The largest absolute Gasteiger partial charge is 0.350 e. The molecule has 1 N–H and O–H groups in total. The van der Waals surface area contributed by atoms with Gasteiger partial charge >= 0.3 is 5.69 Å². The van der Waals surface area contributed by atoms with Crippen LogP contribution in [-0.4, -0.2) is 31.8 Å². The zero-order chi connectivity index (χ0) is 17.8. The summed E-state index contributed by atoms with van der Waals surface area (Å²) in [6.45, 7) is 2.55. The molecule has 0 aliphatic heterocycles. The number of amides is 1. The van der Waals surface area contributed by atoms with E-state index in [0.29, 0.717) is 24.5 Å². The SMILES string of the molecule is Cc1cccc(C(=O)NCCn2nc(-c3cccnc3)n(C)c2=O)c1. The molecule has 3 aromatic rings. The number of carbonyl (C=O) groups is 1. The van der Waals surface area contributed by atoms with Gasteiger partial charge in [-0.3, -0.25) is 14.3 Å². The van der Waals surface area contributed by atoms with E-state index in [1.165, 1.54) is 9.25 Å². The molecule has 1 amide bonds. The second-order valence-corrected chi connectivity index (χ2v) is 5.76. The van der Waals surface area contributed by atoms with E-state index in [1.54, 1.807) is 31.6 Å². The highest BCUT2D eigenvalue weighted by Gasteiger charge is 2.12. The van der Waals surface area contributed by atoms with Gasteiger partial charge in [-0.2, -0.15) is 0 Å². The molecule has 0 bridgehead atoms. The molecule has 0 unspecified atom stereocenters. The number of nitrogens with one attached hydrogen (secondary N) is 1. The van der Waals surface area contributed by atoms with Gasteiger partial charge < -0.3 is 5.32 Å². The molecule has 0 spiro atoms. The molecule has 2 heterocycles. The topological polar surface area (TPSA) is 81.8 Å². The van der Waals surface area contributed by atoms with Crippen LogP contribution in [0.3, 0.4) is 0 Å². The molecular formula is C18H19N5O2. The van der Waals surface area contributed by atoms with Gasteiger partial charge in [-0.05, 0) is 31.2 Å². The molecule has 7 heteroatoms. The summed E-state index contributed by atoms with van der Waals surface area (Å²) in [6.07, 6.45) is 3.32. The lowest BCUT2D eigenvalue weighted by atomic mass is 10.1. The number of hydrogen-bond acceptors (Lipinski definition) is 4. The monoisotopic (exact) mass is 337 g/mol. The number of rotatable bonds is 5. The standard InChI is InChI=1S/C18H19N5O2/c1-13-5-3-6-14(11-13)17(24)20-9-10-23-18(25)22(2)16(21-23)15-7-4-8-19-12-15/h3-8,11-12H,9-10H2,1-2H3,(H,20,24). The van der Waals surface area contributed by atoms with Gasteiger partial charge in [0.1, 0.15) is 0 Å². The Kier molecular flexibility index (Phi) is 4.74. The van der Waals surface area contributed by atoms with Crippen molar-refractivity contribution in [2.24, 2.45) is 7.05 Å². The highest BCUT2D eigenvalue weighted by molar-refractivity contribution is 5.94. The Labute approximate surface area is 144 Å². The second-order valence-electron chi connectivity index (χ2n) is 5.76. The van der Waals surface area contributed by atoms with Crippen molar-refractivity contribution < 1.29 is 4.79 Å². The fourth-order valence-corrected chi connectivity index (χ4v) is 2.54. The Morgan fingerprint density at radius 2 is 2.08 bits per heavy atom. The Bertz CT molecular complexity index is 944. The summed E-state index contributed by atoms with van der Waals surface area (Å²) in [6, 6.07) is 11.0. The number of carbonyl (C=O) groups excluding carboxylic acids is 1. The van der Waals surface area contributed by atoms with Crippen molar-refractivity contribution in [2.45, 2.75) is 13.5 Å².